The van der Waals surface area contributed by atoms with Crippen LogP contribution in [-0.2, 0) is 4.79 Å². The van der Waals surface area contributed by atoms with Gasteiger partial charge in [0.2, 0.25) is 5.91 Å². The molecule has 0 bridgehead atoms. The number of carbonyl (C=O) groups is 2. The predicted octanol–water partition coefficient (Wildman–Crippen LogP) is 3.12. The average molecular weight is 324 g/mol. The third-order valence-electron chi connectivity index (χ3n) is 4.01. The van der Waals surface area contributed by atoms with Crippen molar-refractivity contribution in [1.82, 2.24) is 0 Å². The van der Waals surface area contributed by atoms with Gasteiger partial charge in [0.1, 0.15) is 0 Å². The molecule has 6 nitrogen and oxygen atoms in total. The summed E-state index contributed by atoms with van der Waals surface area (Å²) in [6.45, 7) is 0.745. The number of benzene rings is 2. The minimum atomic E-state index is -0.428. The Morgan fingerprint density at radius 2 is 1.75 bits per heavy atom. The molecular formula is C18H20N4O2. The summed E-state index contributed by atoms with van der Waals surface area (Å²) in [6.07, 6.45) is 2.57. The van der Waals surface area contributed by atoms with E-state index in [-0.39, 0.29) is 5.91 Å². The van der Waals surface area contributed by atoms with Crippen LogP contribution >= 0.6 is 0 Å². The second kappa shape index (κ2) is 7.14. The van der Waals surface area contributed by atoms with Crippen molar-refractivity contribution in [2.75, 3.05) is 21.8 Å². The minimum absolute atomic E-state index is 0.148. The van der Waals surface area contributed by atoms with Crippen molar-refractivity contribution in [3.63, 3.8) is 0 Å². The molecule has 0 radical (unpaired) electrons. The zero-order valence-corrected chi connectivity index (χ0v) is 13.3. The van der Waals surface area contributed by atoms with Crippen LogP contribution in [0.15, 0.2) is 54.6 Å². The first kappa shape index (κ1) is 16.0. The van der Waals surface area contributed by atoms with Gasteiger partial charge in [0.05, 0.1) is 5.69 Å². The number of para-hydroxylation sites is 1. The number of amides is 3. The van der Waals surface area contributed by atoms with Gasteiger partial charge < -0.3 is 10.2 Å². The van der Waals surface area contributed by atoms with Crippen molar-refractivity contribution in [2.24, 2.45) is 5.84 Å². The predicted molar refractivity (Wildman–Crippen MR) is 94.8 cm³/mol. The van der Waals surface area contributed by atoms with Crippen LogP contribution < -0.4 is 21.1 Å². The molecule has 1 saturated heterocycles. The normalized spacial score (nSPS) is 14.4. The summed E-state index contributed by atoms with van der Waals surface area (Å²) in [5.74, 6) is 5.97. The fourth-order valence-electron chi connectivity index (χ4n) is 2.69. The quantitative estimate of drug-likeness (QED) is 0.517. The van der Waals surface area contributed by atoms with E-state index in [0.717, 1.165) is 30.1 Å². The van der Waals surface area contributed by atoms with E-state index >= 15 is 0 Å². The molecule has 0 saturated carbocycles. The number of hydrogen-bond donors (Lipinski definition) is 2. The molecule has 24 heavy (non-hydrogen) atoms. The monoisotopic (exact) mass is 324 g/mol. The maximum atomic E-state index is 12.2. The van der Waals surface area contributed by atoms with Crippen LogP contribution in [0.2, 0.25) is 0 Å². The maximum absolute atomic E-state index is 12.2. The van der Waals surface area contributed by atoms with Crippen LogP contribution in [0.5, 0.6) is 0 Å². The van der Waals surface area contributed by atoms with Gasteiger partial charge in [-0.2, -0.15) is 0 Å². The lowest BCUT2D eigenvalue weighted by atomic mass is 10.1. The van der Waals surface area contributed by atoms with Crippen LogP contribution in [0.3, 0.4) is 0 Å². The molecule has 0 aromatic heterocycles. The molecular weight excluding hydrogens is 304 g/mol. The molecule has 3 rings (SSSR count). The number of hydrogen-bond acceptors (Lipinski definition) is 3. The maximum Gasteiger partial charge on any atom is 0.340 e. The van der Waals surface area contributed by atoms with Crippen molar-refractivity contribution in [1.29, 1.82) is 0 Å². The highest BCUT2D eigenvalue weighted by Gasteiger charge is 2.19. The number of nitrogens with zero attached hydrogens (tertiary/aromatic N) is 2. The second-order valence-corrected chi connectivity index (χ2v) is 5.69. The number of anilines is 3. The van der Waals surface area contributed by atoms with Gasteiger partial charge in [-0.3, -0.25) is 4.79 Å². The summed E-state index contributed by atoms with van der Waals surface area (Å²) in [5.41, 5.74) is 2.08. The third-order valence-corrected chi connectivity index (χ3v) is 4.01. The number of piperidine rings is 1. The molecule has 124 valence electrons. The molecule has 0 aliphatic carbocycles. The molecule has 0 spiro atoms. The van der Waals surface area contributed by atoms with E-state index in [1.54, 1.807) is 29.2 Å². The van der Waals surface area contributed by atoms with Crippen molar-refractivity contribution in [3.8, 4) is 0 Å². The highest BCUT2D eigenvalue weighted by Crippen LogP contribution is 2.23. The fraction of sp³-hybridized carbons (Fsp3) is 0.222. The van der Waals surface area contributed by atoms with Crippen molar-refractivity contribution in [3.05, 3.63) is 54.6 Å². The Morgan fingerprint density at radius 3 is 2.42 bits per heavy atom. The van der Waals surface area contributed by atoms with E-state index < -0.39 is 6.03 Å². The highest BCUT2D eigenvalue weighted by atomic mass is 16.2. The van der Waals surface area contributed by atoms with Crippen LogP contribution in [0, 0.1) is 0 Å². The first-order chi connectivity index (χ1) is 11.6. The van der Waals surface area contributed by atoms with Crippen molar-refractivity contribution in [2.45, 2.75) is 19.3 Å². The number of rotatable bonds is 3. The lowest BCUT2D eigenvalue weighted by Crippen LogP contribution is -2.40. The Kier molecular flexibility index (Phi) is 4.77. The Morgan fingerprint density at radius 1 is 1.04 bits per heavy atom. The van der Waals surface area contributed by atoms with Crippen LogP contribution in [0.1, 0.15) is 19.3 Å². The molecule has 3 amide bonds. The van der Waals surface area contributed by atoms with E-state index in [0.29, 0.717) is 17.8 Å². The first-order valence-electron chi connectivity index (χ1n) is 7.96. The number of carbonyl (C=O) groups excluding carboxylic acids is 2. The Bertz CT molecular complexity index is 716. The van der Waals surface area contributed by atoms with Gasteiger partial charge in [0.15, 0.2) is 0 Å². The topological polar surface area (TPSA) is 78.7 Å². The van der Waals surface area contributed by atoms with Gasteiger partial charge in [-0.1, -0.05) is 18.2 Å². The molecule has 1 fully saturated rings. The second-order valence-electron chi connectivity index (χ2n) is 5.69. The number of nitrogens with two attached hydrogens (primary N) is 1. The van der Waals surface area contributed by atoms with Crippen LogP contribution in [0.4, 0.5) is 21.9 Å². The summed E-state index contributed by atoms with van der Waals surface area (Å²) >= 11 is 0. The molecule has 3 N–H and O–H groups in total. The summed E-state index contributed by atoms with van der Waals surface area (Å²) in [5, 5.41) is 3.80. The zero-order valence-electron chi connectivity index (χ0n) is 13.3. The lowest BCUT2D eigenvalue weighted by Gasteiger charge is -2.27. The van der Waals surface area contributed by atoms with E-state index in [1.807, 2.05) is 30.3 Å². The smallest absolute Gasteiger partial charge is 0.312 e. The molecule has 0 unspecified atom stereocenters. The van der Waals surface area contributed by atoms with E-state index in [2.05, 4.69) is 5.32 Å². The molecule has 0 atom stereocenters. The number of hydrazine groups is 1. The molecule has 6 heteroatoms. The summed E-state index contributed by atoms with van der Waals surface area (Å²) in [6, 6.07) is 15.8. The van der Waals surface area contributed by atoms with Gasteiger partial charge in [-0.05, 0) is 49.2 Å². The van der Waals surface area contributed by atoms with Crippen LogP contribution in [0.25, 0.3) is 0 Å². The lowest BCUT2D eigenvalue weighted by molar-refractivity contribution is -0.119. The molecule has 2 aromatic carbocycles. The van der Waals surface area contributed by atoms with E-state index in [9.17, 15) is 9.59 Å². The van der Waals surface area contributed by atoms with Crippen molar-refractivity contribution < 1.29 is 9.59 Å². The standard InChI is InChI=1S/C18H20N4O2/c19-22(16-6-2-1-3-7-16)18(24)20-14-9-11-15(12-10-14)21-13-5-4-8-17(21)23/h1-3,6-7,9-12H,4-5,8,13,19H2,(H,20,24). The summed E-state index contributed by atoms with van der Waals surface area (Å²) in [4.78, 5) is 25.9. The first-order valence-corrected chi connectivity index (χ1v) is 7.96. The number of urea groups is 1. The average Bonchev–Trinajstić information content (AvgIpc) is 2.63. The largest absolute Gasteiger partial charge is 0.340 e. The Balaban J connectivity index is 1.65. The Hall–Kier alpha value is -2.86. The number of nitrogens with one attached hydrogen (secondary N) is 1. The minimum Gasteiger partial charge on any atom is -0.312 e. The van der Waals surface area contributed by atoms with Gasteiger partial charge >= 0.3 is 6.03 Å². The van der Waals surface area contributed by atoms with E-state index in [1.165, 1.54) is 0 Å². The molecule has 2 aromatic rings. The highest BCUT2D eigenvalue weighted by molar-refractivity contribution is 6.01. The van der Waals surface area contributed by atoms with Gasteiger partial charge in [-0.15, -0.1) is 0 Å². The van der Waals surface area contributed by atoms with Crippen LogP contribution in [-0.4, -0.2) is 18.5 Å². The molecule has 1 aliphatic rings. The summed E-state index contributed by atoms with van der Waals surface area (Å²) in [7, 11) is 0. The molecule has 1 heterocycles. The fourth-order valence-corrected chi connectivity index (χ4v) is 2.69. The van der Waals surface area contributed by atoms with Crippen molar-refractivity contribution >= 4 is 29.0 Å². The van der Waals surface area contributed by atoms with Gasteiger partial charge in [0, 0.05) is 24.3 Å². The van der Waals surface area contributed by atoms with Gasteiger partial charge in [0.25, 0.3) is 0 Å². The Labute approximate surface area is 140 Å². The SMILES string of the molecule is NN(C(=O)Nc1ccc(N2CCCCC2=O)cc1)c1ccccc1. The van der Waals surface area contributed by atoms with Gasteiger partial charge in [-0.25, -0.2) is 15.6 Å². The molecule has 1 aliphatic heterocycles. The summed E-state index contributed by atoms with van der Waals surface area (Å²) < 4.78 is 0. The van der Waals surface area contributed by atoms with E-state index in [4.69, 9.17) is 5.84 Å². The third kappa shape index (κ3) is 3.55. The zero-order chi connectivity index (χ0) is 16.9.